The van der Waals surface area contributed by atoms with Gasteiger partial charge in [-0.1, -0.05) is 24.3 Å². The quantitative estimate of drug-likeness (QED) is 0.176. The molecular weight excluding hydrogens is 545 g/mol. The fourth-order valence-corrected chi connectivity index (χ4v) is 4.77. The molecule has 1 aliphatic carbocycles. The molecule has 1 saturated carbocycles. The molecule has 0 radical (unpaired) electrons. The molecule has 0 bridgehead atoms. The van der Waals surface area contributed by atoms with E-state index in [1.54, 1.807) is 23.7 Å². The second kappa shape index (κ2) is 12.1. The Kier molecular flexibility index (Phi) is 8.41. The highest BCUT2D eigenvalue weighted by atomic mass is 32.1. The summed E-state index contributed by atoms with van der Waals surface area (Å²) < 4.78 is 60.8. The van der Waals surface area contributed by atoms with Crippen molar-refractivity contribution in [3.05, 3.63) is 75.7 Å². The maximum Gasteiger partial charge on any atom is 0.573 e. The highest BCUT2D eigenvalue weighted by Gasteiger charge is 2.31. The van der Waals surface area contributed by atoms with Crippen molar-refractivity contribution in [2.45, 2.75) is 26.1 Å². The molecule has 0 N–H and O–H groups in total. The van der Waals surface area contributed by atoms with Gasteiger partial charge in [0.1, 0.15) is 12.4 Å². The van der Waals surface area contributed by atoms with E-state index in [1.807, 2.05) is 25.1 Å². The summed E-state index contributed by atoms with van der Waals surface area (Å²) in [4.78, 5) is 18.6. The normalized spacial score (nSPS) is 13.7. The Morgan fingerprint density at radius 3 is 2.60 bits per heavy atom. The van der Waals surface area contributed by atoms with E-state index in [0.29, 0.717) is 60.1 Å². The second-order valence-electron chi connectivity index (χ2n) is 9.11. The Balaban J connectivity index is 1.51. The molecule has 0 atom stereocenters. The largest absolute Gasteiger partial charge is 0.573 e. The number of ether oxygens (including phenoxy) is 4. The van der Waals surface area contributed by atoms with Gasteiger partial charge in [-0.25, -0.2) is 4.98 Å². The zero-order chi connectivity index (χ0) is 28.1. The summed E-state index contributed by atoms with van der Waals surface area (Å²) in [6.45, 7) is 3.90. The number of aromatic nitrogens is 2. The number of halogens is 3. The summed E-state index contributed by atoms with van der Waals surface area (Å²) in [5.74, 6) is 1.32. The Hall–Kier alpha value is -3.83. The molecule has 40 heavy (non-hydrogen) atoms. The Bertz CT molecular complexity index is 1540. The monoisotopic (exact) mass is 572 g/mol. The molecule has 2 aromatic heterocycles. The van der Waals surface area contributed by atoms with Crippen LogP contribution in [0.15, 0.2) is 58.8 Å². The molecule has 0 amide bonds. The molecular formula is C29H27F3N2O5S. The third-order valence-corrected chi connectivity index (χ3v) is 6.91. The van der Waals surface area contributed by atoms with Crippen LogP contribution in [0.1, 0.15) is 31.0 Å². The van der Waals surface area contributed by atoms with Gasteiger partial charge in [0.15, 0.2) is 16.5 Å². The minimum atomic E-state index is -4.81. The van der Waals surface area contributed by atoms with Crippen molar-refractivity contribution in [3.63, 3.8) is 0 Å². The van der Waals surface area contributed by atoms with Gasteiger partial charge in [-0.05, 0) is 61.6 Å². The molecule has 1 aliphatic rings. The van der Waals surface area contributed by atoms with Crippen LogP contribution in [0.25, 0.3) is 28.2 Å². The van der Waals surface area contributed by atoms with Gasteiger partial charge < -0.3 is 18.9 Å². The van der Waals surface area contributed by atoms with Gasteiger partial charge in [0.05, 0.1) is 24.5 Å². The molecule has 0 saturated heterocycles. The van der Waals surface area contributed by atoms with Crippen molar-refractivity contribution < 1.29 is 32.1 Å². The molecule has 0 unspecified atom stereocenters. The van der Waals surface area contributed by atoms with Crippen molar-refractivity contribution in [1.82, 2.24) is 9.38 Å². The summed E-state index contributed by atoms with van der Waals surface area (Å²) >= 11 is 1.30. The van der Waals surface area contributed by atoms with Gasteiger partial charge >= 0.3 is 6.36 Å². The third kappa shape index (κ3) is 6.83. The Labute approximate surface area is 232 Å². The summed E-state index contributed by atoms with van der Waals surface area (Å²) in [6.07, 6.45) is 2.56. The van der Waals surface area contributed by atoms with Crippen LogP contribution < -0.4 is 19.8 Å². The number of rotatable bonds is 12. The highest BCUT2D eigenvalue weighted by molar-refractivity contribution is 7.15. The summed E-state index contributed by atoms with van der Waals surface area (Å²) in [5, 5.41) is 1.74. The van der Waals surface area contributed by atoms with Crippen LogP contribution in [0.2, 0.25) is 0 Å². The number of fused-ring (bicyclic) bond motifs is 1. The number of hydrogen-bond acceptors (Lipinski definition) is 7. The Morgan fingerprint density at radius 1 is 1.07 bits per heavy atom. The SMILES string of the molecule is CCOCCOc1cccc(C=Cc2nc3sccn3c(=O)c2-c2ccc(OC(F)(F)F)cc2)c1OCC1CC1. The summed E-state index contributed by atoms with van der Waals surface area (Å²) in [6, 6.07) is 10.7. The maximum atomic E-state index is 13.4. The third-order valence-electron chi connectivity index (χ3n) is 6.15. The number of thiazole rings is 1. The predicted molar refractivity (Wildman–Crippen MR) is 147 cm³/mol. The fraction of sp³-hybridized carbons (Fsp3) is 0.310. The smallest absolute Gasteiger partial charge is 0.489 e. The highest BCUT2D eigenvalue weighted by Crippen LogP contribution is 2.36. The van der Waals surface area contributed by atoms with Crippen molar-refractivity contribution in [3.8, 4) is 28.4 Å². The number of nitrogens with zero attached hydrogens (tertiary/aromatic N) is 2. The number of hydrogen-bond donors (Lipinski definition) is 0. The predicted octanol–water partition coefficient (Wildman–Crippen LogP) is 6.70. The number of benzene rings is 2. The topological polar surface area (TPSA) is 71.3 Å². The summed E-state index contributed by atoms with van der Waals surface area (Å²) in [5.41, 5.74) is 1.42. The standard InChI is InChI=1S/C29H27F3N2O5S/c1-2-36-15-16-37-24-5-3-4-21(26(24)38-18-19-6-7-19)10-13-23-25(27(35)34-14-17-40-28(34)33-23)20-8-11-22(12-9-20)39-29(30,31)32/h3-5,8-14,17,19H,2,6-7,15-16,18H2,1H3. The lowest BCUT2D eigenvalue weighted by molar-refractivity contribution is -0.274. The minimum absolute atomic E-state index is 0.246. The first-order valence-corrected chi connectivity index (χ1v) is 13.7. The van der Waals surface area contributed by atoms with Crippen molar-refractivity contribution in [1.29, 1.82) is 0 Å². The first-order chi connectivity index (χ1) is 19.3. The average Bonchev–Trinajstić information content (AvgIpc) is 3.63. The van der Waals surface area contributed by atoms with E-state index in [4.69, 9.17) is 14.2 Å². The van der Waals surface area contributed by atoms with Crippen molar-refractivity contribution in [2.24, 2.45) is 5.92 Å². The van der Waals surface area contributed by atoms with E-state index in [-0.39, 0.29) is 16.9 Å². The van der Waals surface area contributed by atoms with Gasteiger partial charge in [0, 0.05) is 23.7 Å². The van der Waals surface area contributed by atoms with Crippen LogP contribution in [0, 0.1) is 5.92 Å². The first-order valence-electron chi connectivity index (χ1n) is 12.8. The lowest BCUT2D eigenvalue weighted by Gasteiger charge is -2.15. The molecule has 0 spiro atoms. The number of para-hydroxylation sites is 1. The first kappa shape index (κ1) is 27.7. The molecule has 2 aromatic carbocycles. The zero-order valence-electron chi connectivity index (χ0n) is 21.6. The van der Waals surface area contributed by atoms with E-state index in [2.05, 4.69) is 9.72 Å². The molecule has 4 aromatic rings. The Morgan fingerprint density at radius 2 is 1.88 bits per heavy atom. The average molecular weight is 573 g/mol. The fourth-order valence-electron chi connectivity index (χ4n) is 4.05. The van der Waals surface area contributed by atoms with Crippen LogP contribution in [0.3, 0.4) is 0 Å². The van der Waals surface area contributed by atoms with E-state index in [1.165, 1.54) is 40.0 Å². The van der Waals surface area contributed by atoms with Crippen LogP contribution >= 0.6 is 11.3 Å². The van der Waals surface area contributed by atoms with E-state index >= 15 is 0 Å². The lowest BCUT2D eigenvalue weighted by atomic mass is 10.0. The molecule has 0 aliphatic heterocycles. The number of alkyl halides is 3. The van der Waals surface area contributed by atoms with E-state index in [0.717, 1.165) is 18.4 Å². The van der Waals surface area contributed by atoms with E-state index < -0.39 is 6.36 Å². The molecule has 2 heterocycles. The zero-order valence-corrected chi connectivity index (χ0v) is 22.5. The summed E-state index contributed by atoms with van der Waals surface area (Å²) in [7, 11) is 0. The van der Waals surface area contributed by atoms with E-state index in [9.17, 15) is 18.0 Å². The van der Waals surface area contributed by atoms with Crippen LogP contribution in [-0.2, 0) is 4.74 Å². The van der Waals surface area contributed by atoms with Gasteiger partial charge in [-0.15, -0.1) is 24.5 Å². The van der Waals surface area contributed by atoms with Gasteiger partial charge in [-0.2, -0.15) is 0 Å². The lowest BCUT2D eigenvalue weighted by Crippen LogP contribution is -2.18. The van der Waals surface area contributed by atoms with Crippen LogP contribution in [0.4, 0.5) is 13.2 Å². The van der Waals surface area contributed by atoms with Crippen LogP contribution in [0.5, 0.6) is 17.2 Å². The van der Waals surface area contributed by atoms with Gasteiger partial charge in [0.25, 0.3) is 5.56 Å². The second-order valence-corrected chi connectivity index (χ2v) is 9.99. The van der Waals surface area contributed by atoms with Crippen molar-refractivity contribution in [2.75, 3.05) is 26.4 Å². The minimum Gasteiger partial charge on any atom is -0.489 e. The van der Waals surface area contributed by atoms with Crippen molar-refractivity contribution >= 4 is 28.4 Å². The molecule has 7 nitrogen and oxygen atoms in total. The molecule has 210 valence electrons. The maximum absolute atomic E-state index is 13.4. The molecule has 5 rings (SSSR count). The molecule has 11 heteroatoms. The van der Waals surface area contributed by atoms with Gasteiger partial charge in [0.2, 0.25) is 0 Å². The van der Waals surface area contributed by atoms with Crippen LogP contribution in [-0.4, -0.2) is 42.2 Å². The molecule has 1 fully saturated rings. The van der Waals surface area contributed by atoms with Gasteiger partial charge in [-0.3, -0.25) is 9.20 Å².